The van der Waals surface area contributed by atoms with Crippen LogP contribution in [0.1, 0.15) is 23.1 Å². The van der Waals surface area contributed by atoms with Gasteiger partial charge in [0, 0.05) is 37.8 Å². The van der Waals surface area contributed by atoms with E-state index in [1.165, 1.54) is 0 Å². The highest BCUT2D eigenvalue weighted by atomic mass is 16.5. The van der Waals surface area contributed by atoms with Crippen molar-refractivity contribution in [1.82, 2.24) is 19.8 Å². The van der Waals surface area contributed by atoms with Crippen LogP contribution in [0.3, 0.4) is 0 Å². The van der Waals surface area contributed by atoms with Gasteiger partial charge in [0.25, 0.3) is 5.91 Å². The molecular formula is C18H24N4O2. The number of aryl methyl sites for hydroxylation is 1. The molecule has 0 saturated carbocycles. The molecule has 6 heteroatoms. The Morgan fingerprint density at radius 3 is 2.88 bits per heavy atom. The van der Waals surface area contributed by atoms with Crippen LogP contribution in [0.2, 0.25) is 0 Å². The van der Waals surface area contributed by atoms with Gasteiger partial charge in [0.2, 0.25) is 0 Å². The van der Waals surface area contributed by atoms with Gasteiger partial charge < -0.3 is 14.6 Å². The molecule has 1 amide bonds. The number of rotatable bonds is 2. The number of nitrogens with zero attached hydrogens (tertiary/aromatic N) is 3. The molecule has 2 fully saturated rings. The Kier molecular flexibility index (Phi) is 4.02. The molecule has 128 valence electrons. The van der Waals surface area contributed by atoms with Crippen molar-refractivity contribution in [2.45, 2.75) is 19.9 Å². The van der Waals surface area contributed by atoms with Gasteiger partial charge in [0.15, 0.2) is 0 Å². The monoisotopic (exact) mass is 328 g/mol. The zero-order chi connectivity index (χ0) is 16.7. The van der Waals surface area contributed by atoms with E-state index in [2.05, 4.69) is 21.8 Å². The minimum absolute atomic E-state index is 0.117. The summed E-state index contributed by atoms with van der Waals surface area (Å²) in [7, 11) is 0. The van der Waals surface area contributed by atoms with E-state index in [-0.39, 0.29) is 5.91 Å². The van der Waals surface area contributed by atoms with E-state index in [0.29, 0.717) is 12.0 Å². The summed E-state index contributed by atoms with van der Waals surface area (Å²) in [6.45, 7) is 9.33. The molecule has 1 aromatic carbocycles. The van der Waals surface area contributed by atoms with E-state index >= 15 is 0 Å². The fraction of sp³-hybridized carbons (Fsp3) is 0.556. The number of fused-ring (bicyclic) bond motifs is 1. The highest BCUT2D eigenvalue weighted by Crippen LogP contribution is 2.25. The van der Waals surface area contributed by atoms with Gasteiger partial charge in [-0.05, 0) is 31.0 Å². The third-order valence-corrected chi connectivity index (χ3v) is 5.22. The van der Waals surface area contributed by atoms with Gasteiger partial charge >= 0.3 is 0 Å². The van der Waals surface area contributed by atoms with Crippen molar-refractivity contribution in [2.24, 2.45) is 5.92 Å². The first-order chi connectivity index (χ1) is 11.6. The number of likely N-dealkylation sites (tertiary alicyclic amines) is 1. The number of carbonyl (C=O) groups is 1. The molecular weight excluding hydrogens is 304 g/mol. The number of nitrogens with one attached hydrogen (secondary N) is 1. The molecule has 2 aliphatic rings. The van der Waals surface area contributed by atoms with Crippen LogP contribution in [-0.4, -0.2) is 71.1 Å². The van der Waals surface area contributed by atoms with Crippen LogP contribution in [0.15, 0.2) is 18.2 Å². The fourth-order valence-corrected chi connectivity index (χ4v) is 3.95. The third kappa shape index (κ3) is 2.80. The summed E-state index contributed by atoms with van der Waals surface area (Å²) in [5.74, 6) is 1.48. The second-order valence-electron chi connectivity index (χ2n) is 6.96. The summed E-state index contributed by atoms with van der Waals surface area (Å²) < 4.78 is 5.45. The molecule has 2 saturated heterocycles. The van der Waals surface area contributed by atoms with Gasteiger partial charge in [-0.25, -0.2) is 4.98 Å². The molecule has 6 nitrogen and oxygen atoms in total. The summed E-state index contributed by atoms with van der Waals surface area (Å²) in [5, 5.41) is 0. The first-order valence-electron chi connectivity index (χ1n) is 8.69. The molecule has 0 radical (unpaired) electrons. The molecule has 4 rings (SSSR count). The highest BCUT2D eigenvalue weighted by Gasteiger charge is 2.36. The van der Waals surface area contributed by atoms with Gasteiger partial charge in [-0.2, -0.15) is 0 Å². The molecule has 0 spiro atoms. The molecule has 1 N–H and O–H groups in total. The Hall–Kier alpha value is -1.92. The molecule has 2 atom stereocenters. The Morgan fingerprint density at radius 2 is 2.08 bits per heavy atom. The average Bonchev–Trinajstić information content (AvgIpc) is 3.16. The first kappa shape index (κ1) is 15.6. The summed E-state index contributed by atoms with van der Waals surface area (Å²) in [6.07, 6.45) is 0. The average molecular weight is 328 g/mol. The molecule has 3 heterocycles. The number of H-pyrrole nitrogens is 1. The topological polar surface area (TPSA) is 61.5 Å². The van der Waals surface area contributed by atoms with Crippen molar-refractivity contribution in [3.63, 3.8) is 0 Å². The second kappa shape index (κ2) is 6.18. The Morgan fingerprint density at radius 1 is 1.29 bits per heavy atom. The second-order valence-corrected chi connectivity index (χ2v) is 6.96. The number of carbonyl (C=O) groups excluding carboxylic acids is 1. The fourth-order valence-electron chi connectivity index (χ4n) is 3.95. The van der Waals surface area contributed by atoms with Crippen LogP contribution in [0.4, 0.5) is 0 Å². The molecule has 0 unspecified atom stereocenters. The molecule has 0 aliphatic carbocycles. The minimum Gasteiger partial charge on any atom is -0.379 e. The SMILES string of the molecule is Cc1nc2ccc(C(=O)N3C[C@@H](C)[C@@H](N4CCOCC4)C3)cc2[nH]1. The Labute approximate surface area is 141 Å². The molecule has 24 heavy (non-hydrogen) atoms. The number of hydrogen-bond donors (Lipinski definition) is 1. The lowest BCUT2D eigenvalue weighted by Gasteiger charge is -2.33. The van der Waals surface area contributed by atoms with E-state index in [4.69, 9.17) is 4.74 Å². The molecule has 2 aromatic rings. The minimum atomic E-state index is 0.117. The maximum Gasteiger partial charge on any atom is 0.253 e. The lowest BCUT2D eigenvalue weighted by molar-refractivity contribution is 0.0119. The number of aromatic amines is 1. The number of imidazole rings is 1. The zero-order valence-electron chi connectivity index (χ0n) is 14.3. The number of amides is 1. The van der Waals surface area contributed by atoms with Gasteiger partial charge in [-0.3, -0.25) is 9.69 Å². The normalized spacial score (nSPS) is 25.5. The highest BCUT2D eigenvalue weighted by molar-refractivity contribution is 5.97. The van der Waals surface area contributed by atoms with Crippen molar-refractivity contribution in [2.75, 3.05) is 39.4 Å². The summed E-state index contributed by atoms with van der Waals surface area (Å²) in [5.41, 5.74) is 2.57. The van der Waals surface area contributed by atoms with Crippen LogP contribution in [-0.2, 0) is 4.74 Å². The smallest absolute Gasteiger partial charge is 0.253 e. The Bertz CT molecular complexity index is 751. The van der Waals surface area contributed by atoms with Crippen LogP contribution in [0.5, 0.6) is 0 Å². The maximum atomic E-state index is 12.9. The van der Waals surface area contributed by atoms with Crippen molar-refractivity contribution in [3.05, 3.63) is 29.6 Å². The number of morpholine rings is 1. The molecule has 0 bridgehead atoms. The maximum absolute atomic E-state index is 12.9. The van der Waals surface area contributed by atoms with E-state index in [1.54, 1.807) is 0 Å². The third-order valence-electron chi connectivity index (χ3n) is 5.22. The molecule has 1 aromatic heterocycles. The van der Waals surface area contributed by atoms with Crippen LogP contribution in [0.25, 0.3) is 11.0 Å². The van der Waals surface area contributed by atoms with Gasteiger partial charge in [0.05, 0.1) is 24.2 Å². The van der Waals surface area contributed by atoms with E-state index in [9.17, 15) is 4.79 Å². The van der Waals surface area contributed by atoms with Gasteiger partial charge in [-0.15, -0.1) is 0 Å². The Balaban J connectivity index is 1.51. The number of hydrogen-bond acceptors (Lipinski definition) is 4. The van der Waals surface area contributed by atoms with Gasteiger partial charge in [0.1, 0.15) is 5.82 Å². The predicted molar refractivity (Wildman–Crippen MR) is 92.1 cm³/mol. The van der Waals surface area contributed by atoms with Crippen LogP contribution >= 0.6 is 0 Å². The van der Waals surface area contributed by atoms with Crippen LogP contribution in [0, 0.1) is 12.8 Å². The predicted octanol–water partition coefficient (Wildman–Crippen LogP) is 1.66. The summed E-state index contributed by atoms with van der Waals surface area (Å²) >= 11 is 0. The lowest BCUT2D eigenvalue weighted by Crippen LogP contribution is -2.47. The van der Waals surface area contributed by atoms with Crippen molar-refractivity contribution >= 4 is 16.9 Å². The van der Waals surface area contributed by atoms with Crippen LogP contribution < -0.4 is 0 Å². The zero-order valence-corrected chi connectivity index (χ0v) is 14.3. The lowest BCUT2D eigenvalue weighted by atomic mass is 10.0. The molecule has 2 aliphatic heterocycles. The summed E-state index contributed by atoms with van der Waals surface area (Å²) in [6, 6.07) is 6.17. The summed E-state index contributed by atoms with van der Waals surface area (Å²) in [4.78, 5) is 25.0. The standard InChI is InChI=1S/C18H24N4O2/c1-12-10-22(11-17(12)21-5-7-24-8-6-21)18(23)14-3-4-15-16(9-14)20-13(2)19-15/h3-4,9,12,17H,5-8,10-11H2,1-2H3,(H,19,20)/t12-,17+/m1/s1. The quantitative estimate of drug-likeness (QED) is 0.911. The van der Waals surface area contributed by atoms with Crippen molar-refractivity contribution in [3.8, 4) is 0 Å². The van der Waals surface area contributed by atoms with E-state index in [0.717, 1.165) is 61.8 Å². The number of benzene rings is 1. The van der Waals surface area contributed by atoms with Crippen molar-refractivity contribution in [1.29, 1.82) is 0 Å². The number of aromatic nitrogens is 2. The van der Waals surface area contributed by atoms with E-state index < -0.39 is 0 Å². The number of ether oxygens (including phenoxy) is 1. The van der Waals surface area contributed by atoms with E-state index in [1.807, 2.05) is 30.0 Å². The largest absolute Gasteiger partial charge is 0.379 e. The van der Waals surface area contributed by atoms with Gasteiger partial charge in [-0.1, -0.05) is 6.92 Å². The first-order valence-corrected chi connectivity index (χ1v) is 8.69. The van der Waals surface area contributed by atoms with Crippen molar-refractivity contribution < 1.29 is 9.53 Å².